The molecule has 106 valence electrons. The van der Waals surface area contributed by atoms with Gasteiger partial charge in [0.2, 0.25) is 0 Å². The Hall–Kier alpha value is -2.36. The van der Waals surface area contributed by atoms with E-state index in [4.69, 9.17) is 0 Å². The molecule has 2 atom stereocenters. The highest BCUT2D eigenvalue weighted by Crippen LogP contribution is 2.46. The maximum atomic E-state index is 11.3. The van der Waals surface area contributed by atoms with Gasteiger partial charge in [0, 0.05) is 29.8 Å². The van der Waals surface area contributed by atoms with Crippen molar-refractivity contribution in [1.29, 1.82) is 0 Å². The summed E-state index contributed by atoms with van der Waals surface area (Å²) in [5, 5.41) is 2.07. The molecule has 0 spiro atoms. The molecule has 2 aliphatic carbocycles. The maximum Gasteiger partial charge on any atom is 0.127 e. The van der Waals surface area contributed by atoms with Crippen molar-refractivity contribution in [2.24, 2.45) is 11.8 Å². The van der Waals surface area contributed by atoms with Crippen molar-refractivity contribution in [2.75, 3.05) is 5.01 Å². The minimum Gasteiger partial charge on any atom is -0.303 e. The highest BCUT2D eigenvalue weighted by molar-refractivity contribution is 5.69. The van der Waals surface area contributed by atoms with Crippen molar-refractivity contribution in [3.05, 3.63) is 59.2 Å². The number of pyridine rings is 1. The zero-order valence-electron chi connectivity index (χ0n) is 11.9. The smallest absolute Gasteiger partial charge is 0.127 e. The standard InChI is InChI=1S/C17H17N3O/c1-11-15-9-19-20(14-3-2-6-18-8-14)16(15)7-12-4-5-13(10-21)17(11)12/h2-3,6-11,13,19H,4-5H2,1H3/t11-,13+/m0/s1. The lowest BCUT2D eigenvalue weighted by Gasteiger charge is -2.28. The summed E-state index contributed by atoms with van der Waals surface area (Å²) in [6.07, 6.45) is 11.0. The summed E-state index contributed by atoms with van der Waals surface area (Å²) in [7, 11) is 0. The van der Waals surface area contributed by atoms with Crippen molar-refractivity contribution in [2.45, 2.75) is 19.8 Å². The molecule has 0 aromatic carbocycles. The van der Waals surface area contributed by atoms with Gasteiger partial charge in [-0.15, -0.1) is 0 Å². The Labute approximate surface area is 123 Å². The zero-order chi connectivity index (χ0) is 14.4. The number of hydrazine groups is 1. The SMILES string of the molecule is C[C@H]1C2=CNN(c3cccnc3)C2=CC2=C1[C@@H](C=O)CC2. The number of rotatable bonds is 2. The van der Waals surface area contributed by atoms with Crippen LogP contribution in [0.15, 0.2) is 59.2 Å². The lowest BCUT2D eigenvalue weighted by molar-refractivity contribution is -0.110. The van der Waals surface area contributed by atoms with Gasteiger partial charge < -0.3 is 10.2 Å². The molecule has 3 aliphatic rings. The third kappa shape index (κ3) is 1.75. The Morgan fingerprint density at radius 1 is 1.48 bits per heavy atom. The number of carbonyl (C=O) groups excluding carboxylic acids is 1. The van der Waals surface area contributed by atoms with Gasteiger partial charge in [-0.1, -0.05) is 6.92 Å². The monoisotopic (exact) mass is 279 g/mol. The zero-order valence-corrected chi connectivity index (χ0v) is 11.9. The Balaban J connectivity index is 1.77. The van der Waals surface area contributed by atoms with Crippen LogP contribution in [0.4, 0.5) is 5.69 Å². The second kappa shape index (κ2) is 4.58. The Morgan fingerprint density at radius 3 is 3.14 bits per heavy atom. The number of hydrogen-bond acceptors (Lipinski definition) is 4. The van der Waals surface area contributed by atoms with Gasteiger partial charge in [-0.25, -0.2) is 0 Å². The molecule has 4 heteroatoms. The molecule has 0 amide bonds. The summed E-state index contributed by atoms with van der Waals surface area (Å²) in [5.41, 5.74) is 9.43. The fourth-order valence-electron chi connectivity index (χ4n) is 3.68. The molecule has 1 N–H and O–H groups in total. The van der Waals surface area contributed by atoms with E-state index in [9.17, 15) is 4.79 Å². The largest absolute Gasteiger partial charge is 0.303 e. The van der Waals surface area contributed by atoms with E-state index >= 15 is 0 Å². The predicted octanol–water partition coefficient (Wildman–Crippen LogP) is 2.73. The van der Waals surface area contributed by atoms with Crippen molar-refractivity contribution >= 4 is 12.0 Å². The molecule has 0 radical (unpaired) electrons. The highest BCUT2D eigenvalue weighted by Gasteiger charge is 2.37. The van der Waals surface area contributed by atoms with E-state index in [2.05, 4.69) is 28.4 Å². The van der Waals surface area contributed by atoms with Gasteiger partial charge in [0.05, 0.1) is 17.6 Å². The van der Waals surface area contributed by atoms with Crippen LogP contribution in [-0.2, 0) is 4.79 Å². The molecule has 0 bridgehead atoms. The third-order valence-corrected chi connectivity index (χ3v) is 4.69. The molecule has 0 saturated carbocycles. The molecular formula is C17H17N3O. The van der Waals surface area contributed by atoms with E-state index < -0.39 is 0 Å². The van der Waals surface area contributed by atoms with Crippen LogP contribution in [0.25, 0.3) is 0 Å². The first-order valence-corrected chi connectivity index (χ1v) is 7.36. The highest BCUT2D eigenvalue weighted by atomic mass is 16.1. The Kier molecular flexibility index (Phi) is 2.70. The first-order chi connectivity index (χ1) is 10.3. The number of carbonyl (C=O) groups is 1. The lowest BCUT2D eigenvalue weighted by Crippen LogP contribution is -2.30. The van der Waals surface area contributed by atoms with E-state index in [1.54, 1.807) is 6.20 Å². The second-order valence-electron chi connectivity index (χ2n) is 5.79. The van der Waals surface area contributed by atoms with Gasteiger partial charge in [-0.2, -0.15) is 0 Å². The number of aromatic nitrogens is 1. The normalized spacial score (nSPS) is 26.8. The van der Waals surface area contributed by atoms with Gasteiger partial charge in [-0.05, 0) is 42.2 Å². The van der Waals surface area contributed by atoms with Crippen molar-refractivity contribution in [3.63, 3.8) is 0 Å². The molecule has 21 heavy (non-hydrogen) atoms. The number of aldehydes is 1. The van der Waals surface area contributed by atoms with Gasteiger partial charge >= 0.3 is 0 Å². The number of hydrogen-bond donors (Lipinski definition) is 1. The Morgan fingerprint density at radius 2 is 2.38 bits per heavy atom. The molecule has 0 unspecified atom stereocenters. The van der Waals surface area contributed by atoms with Crippen LogP contribution >= 0.6 is 0 Å². The minimum absolute atomic E-state index is 0.0983. The molecule has 0 saturated heterocycles. The fraction of sp³-hybridized carbons (Fsp3) is 0.294. The molecule has 2 heterocycles. The predicted molar refractivity (Wildman–Crippen MR) is 81.0 cm³/mol. The lowest BCUT2D eigenvalue weighted by atomic mass is 9.81. The van der Waals surface area contributed by atoms with E-state index in [0.717, 1.165) is 24.8 Å². The quantitative estimate of drug-likeness (QED) is 0.846. The molecule has 1 aromatic rings. The summed E-state index contributed by atoms with van der Waals surface area (Å²) in [6.45, 7) is 2.20. The molecule has 4 nitrogen and oxygen atoms in total. The molecule has 0 fully saturated rings. The number of allylic oxidation sites excluding steroid dienone is 4. The van der Waals surface area contributed by atoms with Crippen LogP contribution in [-0.4, -0.2) is 11.3 Å². The molecule has 4 rings (SSSR count). The minimum atomic E-state index is 0.0983. The second-order valence-corrected chi connectivity index (χ2v) is 5.79. The van der Waals surface area contributed by atoms with Crippen molar-refractivity contribution in [3.8, 4) is 0 Å². The number of fused-ring (bicyclic) bond motifs is 1. The van der Waals surface area contributed by atoms with Crippen LogP contribution < -0.4 is 10.4 Å². The van der Waals surface area contributed by atoms with Crippen LogP contribution in [0, 0.1) is 11.8 Å². The van der Waals surface area contributed by atoms with Crippen molar-refractivity contribution < 1.29 is 4.79 Å². The fourth-order valence-corrected chi connectivity index (χ4v) is 3.68. The number of anilines is 1. The number of nitrogens with zero attached hydrogens (tertiary/aromatic N) is 2. The van der Waals surface area contributed by atoms with Crippen LogP contribution in [0.3, 0.4) is 0 Å². The van der Waals surface area contributed by atoms with Gasteiger partial charge in [0.15, 0.2) is 0 Å². The molecule has 1 aliphatic heterocycles. The summed E-state index contributed by atoms with van der Waals surface area (Å²) < 4.78 is 0. The summed E-state index contributed by atoms with van der Waals surface area (Å²) in [5.74, 6) is 0.396. The summed E-state index contributed by atoms with van der Waals surface area (Å²) in [4.78, 5) is 15.5. The van der Waals surface area contributed by atoms with E-state index in [-0.39, 0.29) is 5.92 Å². The first-order valence-electron chi connectivity index (χ1n) is 7.36. The first kappa shape index (κ1) is 12.4. The third-order valence-electron chi connectivity index (χ3n) is 4.69. The van der Waals surface area contributed by atoms with Crippen molar-refractivity contribution in [1.82, 2.24) is 10.4 Å². The molecule has 1 aromatic heterocycles. The number of nitrogens with one attached hydrogen (secondary N) is 1. The van der Waals surface area contributed by atoms with Crippen LogP contribution in [0.2, 0.25) is 0 Å². The maximum absolute atomic E-state index is 11.3. The summed E-state index contributed by atoms with van der Waals surface area (Å²) in [6, 6.07) is 3.97. The van der Waals surface area contributed by atoms with Crippen LogP contribution in [0.1, 0.15) is 19.8 Å². The van der Waals surface area contributed by atoms with E-state index in [0.29, 0.717) is 5.92 Å². The summed E-state index contributed by atoms with van der Waals surface area (Å²) >= 11 is 0. The van der Waals surface area contributed by atoms with Gasteiger partial charge in [0.25, 0.3) is 0 Å². The topological polar surface area (TPSA) is 45.2 Å². The molecular weight excluding hydrogens is 262 g/mol. The average molecular weight is 279 g/mol. The van der Waals surface area contributed by atoms with E-state index in [1.807, 2.05) is 24.5 Å². The average Bonchev–Trinajstić information content (AvgIpc) is 3.12. The van der Waals surface area contributed by atoms with Gasteiger partial charge in [0.1, 0.15) is 6.29 Å². The van der Waals surface area contributed by atoms with Gasteiger partial charge in [-0.3, -0.25) is 9.99 Å². The van der Waals surface area contributed by atoms with Crippen LogP contribution in [0.5, 0.6) is 0 Å². The Bertz CT molecular complexity index is 687. The van der Waals surface area contributed by atoms with E-state index in [1.165, 1.54) is 22.4 Å².